The van der Waals surface area contributed by atoms with Gasteiger partial charge in [0, 0.05) is 38.1 Å². The molecule has 3 aliphatic rings. The van der Waals surface area contributed by atoms with Crippen LogP contribution in [0.4, 0.5) is 23.8 Å². The number of piperazine rings is 1. The Hall–Kier alpha value is -3.08. The van der Waals surface area contributed by atoms with Gasteiger partial charge in [-0.2, -0.15) is 0 Å². The Balaban J connectivity index is 1.08. The average molecular weight is 506 g/mol. The topological polar surface area (TPSA) is 71.0 Å². The van der Waals surface area contributed by atoms with Crippen LogP contribution in [0, 0.1) is 5.41 Å². The van der Waals surface area contributed by atoms with Crippen molar-refractivity contribution in [1.29, 1.82) is 0 Å². The van der Waals surface area contributed by atoms with Gasteiger partial charge < -0.3 is 14.4 Å². The molecule has 5 rings (SSSR count). The highest BCUT2D eigenvalue weighted by Gasteiger charge is 2.54. The van der Waals surface area contributed by atoms with E-state index in [0.717, 1.165) is 38.7 Å². The molecule has 1 aliphatic carbocycles. The van der Waals surface area contributed by atoms with E-state index in [0.29, 0.717) is 18.9 Å². The quantitative estimate of drug-likeness (QED) is 0.607. The van der Waals surface area contributed by atoms with Crippen LogP contribution in [0.2, 0.25) is 0 Å². The minimum absolute atomic E-state index is 0.0548. The molecule has 36 heavy (non-hydrogen) atoms. The predicted octanol–water partition coefficient (Wildman–Crippen LogP) is 4.08. The molecular weight excluding hydrogens is 475 g/mol. The van der Waals surface area contributed by atoms with Crippen LogP contribution in [0.15, 0.2) is 42.7 Å². The largest absolute Gasteiger partial charge is 0.574 e. The lowest BCUT2D eigenvalue weighted by Gasteiger charge is -2.58. The number of carbonyl (C=O) groups is 1. The van der Waals surface area contributed by atoms with Crippen molar-refractivity contribution in [3.05, 3.63) is 48.3 Å². The number of alkyl halides is 3. The third-order valence-electron chi connectivity index (χ3n) is 7.24. The van der Waals surface area contributed by atoms with Crippen molar-refractivity contribution in [2.24, 2.45) is 5.41 Å². The smallest absolute Gasteiger partial charge is 0.446 e. The highest BCUT2D eigenvalue weighted by molar-refractivity contribution is 5.69. The highest BCUT2D eigenvalue weighted by Crippen LogP contribution is 2.50. The Morgan fingerprint density at radius 3 is 2.31 bits per heavy atom. The lowest BCUT2D eigenvalue weighted by molar-refractivity contribution is -0.276. The first-order valence-electron chi connectivity index (χ1n) is 12.2. The third-order valence-corrected chi connectivity index (χ3v) is 7.24. The van der Waals surface area contributed by atoms with Crippen LogP contribution in [0.25, 0.3) is 0 Å². The molecule has 2 atom stereocenters. The molecule has 3 heterocycles. The maximum absolute atomic E-state index is 13.0. The first-order chi connectivity index (χ1) is 17.1. The lowest BCUT2D eigenvalue weighted by atomic mass is 9.61. The number of rotatable bonds is 5. The van der Waals surface area contributed by atoms with Crippen molar-refractivity contribution in [3.63, 3.8) is 0 Å². The zero-order valence-corrected chi connectivity index (χ0v) is 20.3. The standard InChI is InChI=1S/C25H30F3N5O3/c1-17-12-32(21-10-30-22(11-29-21)36-25(26,27)28)13-18(2)33(17)23(34)35-20-8-24(9-20)15-31(16-24)14-19-6-4-3-5-7-19/h3-7,10-11,17-18,20H,8-9,12-16H2,1-2H3/t17-,18+. The van der Waals surface area contributed by atoms with Crippen molar-refractivity contribution in [1.82, 2.24) is 19.8 Å². The number of likely N-dealkylation sites (tertiary alicyclic amines) is 1. The first kappa shape index (κ1) is 24.6. The average Bonchev–Trinajstić information content (AvgIpc) is 2.76. The Bertz CT molecular complexity index is 1040. The van der Waals surface area contributed by atoms with Gasteiger partial charge in [0.25, 0.3) is 0 Å². The molecule has 2 aromatic rings. The SMILES string of the molecule is C[C@@H]1CN(c2cnc(OC(F)(F)F)cn2)C[C@H](C)N1C(=O)OC1CC2(C1)CN(Cc1ccccc1)C2. The summed E-state index contributed by atoms with van der Waals surface area (Å²) in [6.07, 6.45) is -1.18. The number of carbonyl (C=O) groups excluding carboxylic acids is 1. The number of amides is 1. The molecule has 8 nitrogen and oxygen atoms in total. The number of benzene rings is 1. The van der Waals surface area contributed by atoms with Crippen molar-refractivity contribution < 1.29 is 27.4 Å². The summed E-state index contributed by atoms with van der Waals surface area (Å²) in [4.78, 5) is 26.8. The molecule has 1 aromatic carbocycles. The zero-order chi connectivity index (χ0) is 25.5. The number of aromatic nitrogens is 2. The summed E-state index contributed by atoms with van der Waals surface area (Å²) in [7, 11) is 0. The summed E-state index contributed by atoms with van der Waals surface area (Å²) in [5.41, 5.74) is 1.59. The van der Waals surface area contributed by atoms with Crippen LogP contribution in [0.5, 0.6) is 5.88 Å². The molecule has 194 valence electrons. The number of halogens is 3. The zero-order valence-electron chi connectivity index (χ0n) is 20.3. The van der Waals surface area contributed by atoms with E-state index in [1.807, 2.05) is 24.8 Å². The lowest BCUT2D eigenvalue weighted by Crippen LogP contribution is -2.65. The van der Waals surface area contributed by atoms with Gasteiger partial charge in [0.2, 0.25) is 5.88 Å². The van der Waals surface area contributed by atoms with Crippen LogP contribution in [0.3, 0.4) is 0 Å². The summed E-state index contributed by atoms with van der Waals surface area (Å²) in [6, 6.07) is 10.1. The number of ether oxygens (including phenoxy) is 2. The Labute approximate surface area is 208 Å². The molecular formula is C25H30F3N5O3. The van der Waals surface area contributed by atoms with Crippen molar-refractivity contribution in [2.45, 2.75) is 57.8 Å². The van der Waals surface area contributed by atoms with Crippen LogP contribution >= 0.6 is 0 Å². The number of anilines is 1. The summed E-state index contributed by atoms with van der Waals surface area (Å²) < 4.78 is 46.7. The molecule has 1 spiro atoms. The van der Waals surface area contributed by atoms with E-state index in [4.69, 9.17) is 4.74 Å². The van der Waals surface area contributed by atoms with Gasteiger partial charge in [-0.3, -0.25) is 9.80 Å². The van der Waals surface area contributed by atoms with E-state index in [1.165, 1.54) is 11.8 Å². The van der Waals surface area contributed by atoms with Crippen molar-refractivity contribution in [3.8, 4) is 5.88 Å². The molecule has 3 fully saturated rings. The molecule has 11 heteroatoms. The van der Waals surface area contributed by atoms with Crippen LogP contribution in [0.1, 0.15) is 32.3 Å². The Morgan fingerprint density at radius 1 is 1.06 bits per heavy atom. The molecule has 0 unspecified atom stereocenters. The van der Waals surface area contributed by atoms with Crippen LogP contribution in [-0.2, 0) is 11.3 Å². The van der Waals surface area contributed by atoms with E-state index in [2.05, 4.69) is 43.9 Å². The van der Waals surface area contributed by atoms with Crippen LogP contribution < -0.4 is 9.64 Å². The predicted molar refractivity (Wildman–Crippen MR) is 125 cm³/mol. The number of nitrogens with zero attached hydrogens (tertiary/aromatic N) is 5. The molecule has 2 saturated heterocycles. The van der Waals surface area contributed by atoms with Gasteiger partial charge in [0.1, 0.15) is 11.9 Å². The van der Waals surface area contributed by atoms with E-state index >= 15 is 0 Å². The number of hydrogen-bond donors (Lipinski definition) is 0. The second-order valence-electron chi connectivity index (χ2n) is 10.3. The normalized spacial score (nSPS) is 24.2. The summed E-state index contributed by atoms with van der Waals surface area (Å²) in [5.74, 6) is -0.176. The van der Waals surface area contributed by atoms with E-state index in [-0.39, 0.29) is 29.7 Å². The van der Waals surface area contributed by atoms with Gasteiger partial charge in [-0.1, -0.05) is 30.3 Å². The fourth-order valence-corrected chi connectivity index (χ4v) is 5.82. The van der Waals surface area contributed by atoms with Gasteiger partial charge in [-0.25, -0.2) is 14.8 Å². The molecule has 1 saturated carbocycles. The Morgan fingerprint density at radius 2 is 1.72 bits per heavy atom. The highest BCUT2D eigenvalue weighted by atomic mass is 19.4. The molecule has 0 N–H and O–H groups in total. The van der Waals surface area contributed by atoms with Crippen molar-refractivity contribution in [2.75, 3.05) is 31.1 Å². The summed E-state index contributed by atoms with van der Waals surface area (Å²) in [5, 5.41) is 0. The van der Waals surface area contributed by atoms with Gasteiger partial charge in [-0.15, -0.1) is 13.2 Å². The van der Waals surface area contributed by atoms with E-state index < -0.39 is 12.2 Å². The Kier molecular flexibility index (Phi) is 6.44. The van der Waals surface area contributed by atoms with Crippen LogP contribution in [-0.4, -0.2) is 76.6 Å². The monoisotopic (exact) mass is 505 g/mol. The second-order valence-corrected chi connectivity index (χ2v) is 10.3. The molecule has 1 amide bonds. The van der Waals surface area contributed by atoms with Gasteiger partial charge in [0.15, 0.2) is 0 Å². The molecule has 2 aliphatic heterocycles. The number of hydrogen-bond acceptors (Lipinski definition) is 7. The fraction of sp³-hybridized carbons (Fsp3) is 0.560. The molecule has 0 bridgehead atoms. The van der Waals surface area contributed by atoms with Gasteiger partial charge >= 0.3 is 12.5 Å². The van der Waals surface area contributed by atoms with Gasteiger partial charge in [-0.05, 0) is 32.3 Å². The van der Waals surface area contributed by atoms with E-state index in [1.54, 1.807) is 4.90 Å². The second kappa shape index (κ2) is 9.42. The van der Waals surface area contributed by atoms with Crippen molar-refractivity contribution >= 4 is 11.9 Å². The fourth-order valence-electron chi connectivity index (χ4n) is 5.82. The van der Waals surface area contributed by atoms with E-state index in [9.17, 15) is 18.0 Å². The minimum atomic E-state index is -4.81. The van der Waals surface area contributed by atoms with Gasteiger partial charge in [0.05, 0.1) is 24.5 Å². The first-order valence-corrected chi connectivity index (χ1v) is 12.2. The minimum Gasteiger partial charge on any atom is -0.446 e. The maximum Gasteiger partial charge on any atom is 0.574 e. The maximum atomic E-state index is 13.0. The summed E-state index contributed by atoms with van der Waals surface area (Å²) >= 11 is 0. The molecule has 0 radical (unpaired) electrons. The third kappa shape index (κ3) is 5.35. The summed E-state index contributed by atoms with van der Waals surface area (Å²) in [6.45, 7) is 7.81. The molecule has 1 aromatic heterocycles.